The Morgan fingerprint density at radius 3 is 2.36 bits per heavy atom. The SMILES string of the molecule is CC(C)([NH])C(=O)OC1CCC1. The summed E-state index contributed by atoms with van der Waals surface area (Å²) in [5.41, 5.74) is 6.27. The van der Waals surface area contributed by atoms with Gasteiger partial charge in [-0.1, -0.05) is 0 Å². The number of hydrogen-bond donors (Lipinski definition) is 0. The van der Waals surface area contributed by atoms with Crippen LogP contribution in [-0.2, 0) is 9.53 Å². The lowest BCUT2D eigenvalue weighted by atomic mass is 9.96. The van der Waals surface area contributed by atoms with E-state index in [9.17, 15) is 4.79 Å². The van der Waals surface area contributed by atoms with Gasteiger partial charge in [0.15, 0.2) is 0 Å². The van der Waals surface area contributed by atoms with E-state index in [0.717, 1.165) is 19.3 Å². The van der Waals surface area contributed by atoms with E-state index >= 15 is 0 Å². The fourth-order valence-electron chi connectivity index (χ4n) is 0.787. The molecule has 0 aliphatic heterocycles. The molecule has 11 heavy (non-hydrogen) atoms. The quantitative estimate of drug-likeness (QED) is 0.563. The maximum absolute atomic E-state index is 11.1. The normalized spacial score (nSPS) is 19.2. The standard InChI is InChI=1S/C8H14NO2/c1-8(2,9)7(10)11-6-4-3-5-6/h6,9H,3-5H2,1-2H3. The first-order valence-corrected chi connectivity index (χ1v) is 3.96. The third-order valence-electron chi connectivity index (χ3n) is 1.84. The van der Waals surface area contributed by atoms with Crippen molar-refractivity contribution in [3.05, 3.63) is 0 Å². The Hall–Kier alpha value is -0.570. The average Bonchev–Trinajstić information content (AvgIpc) is 1.75. The summed E-state index contributed by atoms with van der Waals surface area (Å²) < 4.78 is 5.02. The molecule has 63 valence electrons. The van der Waals surface area contributed by atoms with Gasteiger partial charge in [0.05, 0.1) is 0 Å². The third kappa shape index (κ3) is 2.19. The predicted octanol–water partition coefficient (Wildman–Crippen LogP) is 1.14. The zero-order valence-electron chi connectivity index (χ0n) is 7.02. The van der Waals surface area contributed by atoms with Crippen molar-refractivity contribution >= 4 is 5.97 Å². The summed E-state index contributed by atoms with van der Waals surface area (Å²) in [6, 6.07) is 0. The summed E-state index contributed by atoms with van der Waals surface area (Å²) in [6.07, 6.45) is 3.20. The molecule has 0 atom stereocenters. The summed E-state index contributed by atoms with van der Waals surface area (Å²) in [5, 5.41) is 0. The molecule has 3 heteroatoms. The molecule has 0 spiro atoms. The second-order valence-corrected chi connectivity index (χ2v) is 3.58. The van der Waals surface area contributed by atoms with Crippen LogP contribution in [0.1, 0.15) is 33.1 Å². The highest BCUT2D eigenvalue weighted by atomic mass is 16.5. The first kappa shape index (κ1) is 8.53. The molecule has 0 saturated heterocycles. The van der Waals surface area contributed by atoms with E-state index in [4.69, 9.17) is 10.5 Å². The molecule has 1 fully saturated rings. The minimum atomic E-state index is -1.09. The van der Waals surface area contributed by atoms with Gasteiger partial charge in [0.1, 0.15) is 11.6 Å². The van der Waals surface area contributed by atoms with Gasteiger partial charge in [-0.2, -0.15) is 0 Å². The Morgan fingerprint density at radius 2 is 2.09 bits per heavy atom. The molecule has 1 N–H and O–H groups in total. The van der Waals surface area contributed by atoms with Crippen LogP contribution in [0.15, 0.2) is 0 Å². The molecule has 0 bridgehead atoms. The number of nitrogens with one attached hydrogen (secondary N) is 1. The summed E-state index contributed by atoms with van der Waals surface area (Å²) in [6.45, 7) is 3.10. The van der Waals surface area contributed by atoms with Crippen molar-refractivity contribution in [2.75, 3.05) is 0 Å². The van der Waals surface area contributed by atoms with E-state index < -0.39 is 11.5 Å². The molecule has 0 aromatic heterocycles. The van der Waals surface area contributed by atoms with Crippen molar-refractivity contribution < 1.29 is 9.53 Å². The molecule has 1 radical (unpaired) electrons. The summed E-state index contributed by atoms with van der Waals surface area (Å²) in [7, 11) is 0. The lowest BCUT2D eigenvalue weighted by Gasteiger charge is -2.28. The largest absolute Gasteiger partial charge is 0.461 e. The summed E-state index contributed by atoms with van der Waals surface area (Å²) in [4.78, 5) is 11.1. The number of hydrogen-bond acceptors (Lipinski definition) is 2. The number of carbonyl (C=O) groups excluding carboxylic acids is 1. The van der Waals surface area contributed by atoms with E-state index in [1.54, 1.807) is 13.8 Å². The highest BCUT2D eigenvalue weighted by Crippen LogP contribution is 2.23. The molecule has 1 aliphatic carbocycles. The predicted molar refractivity (Wildman–Crippen MR) is 40.9 cm³/mol. The van der Waals surface area contributed by atoms with Crippen molar-refractivity contribution in [1.29, 1.82) is 0 Å². The number of carbonyl (C=O) groups is 1. The second kappa shape index (κ2) is 2.81. The topological polar surface area (TPSA) is 50.1 Å². The molecule has 1 rings (SSSR count). The fraction of sp³-hybridized carbons (Fsp3) is 0.875. The van der Waals surface area contributed by atoms with Gasteiger partial charge in [0.2, 0.25) is 0 Å². The van der Waals surface area contributed by atoms with Crippen LogP contribution >= 0.6 is 0 Å². The van der Waals surface area contributed by atoms with E-state index in [2.05, 4.69) is 0 Å². The zero-order chi connectivity index (χ0) is 8.48. The van der Waals surface area contributed by atoms with E-state index in [0.29, 0.717) is 0 Å². The van der Waals surface area contributed by atoms with Gasteiger partial charge in [0.25, 0.3) is 0 Å². The molecule has 0 aromatic rings. The van der Waals surface area contributed by atoms with Gasteiger partial charge >= 0.3 is 5.97 Å². The van der Waals surface area contributed by atoms with Crippen LogP contribution < -0.4 is 5.73 Å². The Labute approximate surface area is 66.9 Å². The number of ether oxygens (including phenoxy) is 1. The van der Waals surface area contributed by atoms with Crippen molar-refractivity contribution in [2.45, 2.75) is 44.8 Å². The monoisotopic (exact) mass is 156 g/mol. The maximum Gasteiger partial charge on any atom is 0.327 e. The summed E-state index contributed by atoms with van der Waals surface area (Å²) in [5.74, 6) is -0.401. The lowest BCUT2D eigenvalue weighted by molar-refractivity contribution is -0.158. The van der Waals surface area contributed by atoms with Gasteiger partial charge < -0.3 is 4.74 Å². The number of rotatable bonds is 2. The van der Waals surface area contributed by atoms with Crippen molar-refractivity contribution in [2.24, 2.45) is 0 Å². The first-order valence-electron chi connectivity index (χ1n) is 3.96. The Morgan fingerprint density at radius 1 is 1.55 bits per heavy atom. The molecular weight excluding hydrogens is 142 g/mol. The Kier molecular flexibility index (Phi) is 2.18. The third-order valence-corrected chi connectivity index (χ3v) is 1.84. The van der Waals surface area contributed by atoms with Crippen LogP contribution in [0, 0.1) is 0 Å². The van der Waals surface area contributed by atoms with Crippen LogP contribution in [0.4, 0.5) is 0 Å². The van der Waals surface area contributed by atoms with Crippen molar-refractivity contribution in [3.63, 3.8) is 0 Å². The van der Waals surface area contributed by atoms with Crippen LogP contribution in [0.25, 0.3) is 0 Å². The average molecular weight is 156 g/mol. The second-order valence-electron chi connectivity index (χ2n) is 3.58. The minimum absolute atomic E-state index is 0.104. The molecular formula is C8H14NO2. The van der Waals surface area contributed by atoms with Crippen LogP contribution in [0.2, 0.25) is 0 Å². The van der Waals surface area contributed by atoms with E-state index in [1.807, 2.05) is 0 Å². The molecule has 3 nitrogen and oxygen atoms in total. The molecule has 0 unspecified atom stereocenters. The van der Waals surface area contributed by atoms with Crippen LogP contribution in [0.3, 0.4) is 0 Å². The van der Waals surface area contributed by atoms with Crippen LogP contribution in [-0.4, -0.2) is 17.6 Å². The zero-order valence-corrected chi connectivity index (χ0v) is 7.02. The Balaban J connectivity index is 2.30. The van der Waals surface area contributed by atoms with Crippen LogP contribution in [0.5, 0.6) is 0 Å². The van der Waals surface area contributed by atoms with Gasteiger partial charge in [-0.25, -0.2) is 5.73 Å². The van der Waals surface area contributed by atoms with Gasteiger partial charge in [-0.3, -0.25) is 4.79 Å². The maximum atomic E-state index is 11.1. The molecule has 1 saturated carbocycles. The van der Waals surface area contributed by atoms with Crippen molar-refractivity contribution in [3.8, 4) is 0 Å². The van der Waals surface area contributed by atoms with Gasteiger partial charge in [-0.15, -0.1) is 0 Å². The Bertz CT molecular complexity index is 156. The smallest absolute Gasteiger partial charge is 0.327 e. The molecule has 1 aliphatic rings. The molecule has 0 amide bonds. The lowest BCUT2D eigenvalue weighted by Crippen LogP contribution is -2.39. The number of esters is 1. The molecule has 0 aromatic carbocycles. The highest BCUT2D eigenvalue weighted by molar-refractivity contribution is 5.79. The molecule has 0 heterocycles. The fourth-order valence-corrected chi connectivity index (χ4v) is 0.787. The van der Waals surface area contributed by atoms with Crippen molar-refractivity contribution in [1.82, 2.24) is 5.73 Å². The van der Waals surface area contributed by atoms with E-state index in [1.165, 1.54) is 0 Å². The summed E-state index contributed by atoms with van der Waals surface area (Å²) >= 11 is 0. The van der Waals surface area contributed by atoms with E-state index in [-0.39, 0.29) is 6.10 Å². The van der Waals surface area contributed by atoms with Gasteiger partial charge in [-0.05, 0) is 33.1 Å². The van der Waals surface area contributed by atoms with Gasteiger partial charge in [0, 0.05) is 0 Å². The highest BCUT2D eigenvalue weighted by Gasteiger charge is 2.29. The minimum Gasteiger partial charge on any atom is -0.461 e. The first-order chi connectivity index (χ1) is 5.00.